The molecule has 0 saturated carbocycles. The maximum absolute atomic E-state index is 13.7. The zero-order valence-electron chi connectivity index (χ0n) is 20.8. The highest BCUT2D eigenvalue weighted by atomic mass is 32.2. The van der Waals surface area contributed by atoms with E-state index in [0.717, 1.165) is 23.9 Å². The molecule has 0 spiro atoms. The number of likely N-dealkylation sites (tertiary alicyclic amines) is 1. The van der Waals surface area contributed by atoms with Crippen LogP contribution in [0.2, 0.25) is 0 Å². The van der Waals surface area contributed by atoms with E-state index in [1.165, 1.54) is 72.4 Å². The van der Waals surface area contributed by atoms with Crippen molar-refractivity contribution in [1.29, 1.82) is 0 Å². The molecule has 2 aliphatic rings. The predicted molar refractivity (Wildman–Crippen MR) is 131 cm³/mol. The van der Waals surface area contributed by atoms with E-state index in [0.29, 0.717) is 25.2 Å². The second-order valence-corrected chi connectivity index (χ2v) is 11.5. The number of halogens is 1. The molecular weight excluding hydrogens is 501 g/mol. The van der Waals surface area contributed by atoms with Gasteiger partial charge in [-0.2, -0.15) is 0 Å². The van der Waals surface area contributed by atoms with Gasteiger partial charge in [-0.1, -0.05) is 30.0 Å². The van der Waals surface area contributed by atoms with Gasteiger partial charge in [-0.15, -0.1) is 0 Å². The largest absolute Gasteiger partial charge is 0.872 e. The number of nitrogens with one attached hydrogen (secondary N) is 1. The van der Waals surface area contributed by atoms with Gasteiger partial charge in [-0.3, -0.25) is 9.59 Å². The molecule has 2 aromatic carbocycles. The minimum Gasteiger partial charge on any atom is -0.872 e. The smallest absolute Gasteiger partial charge is 0.295 e. The van der Waals surface area contributed by atoms with Crippen LogP contribution < -0.4 is 10.0 Å². The van der Waals surface area contributed by atoms with E-state index in [1.54, 1.807) is 0 Å². The van der Waals surface area contributed by atoms with E-state index in [2.05, 4.69) is 0 Å². The third-order valence-corrected chi connectivity index (χ3v) is 8.57. The van der Waals surface area contributed by atoms with Gasteiger partial charge in [0.15, 0.2) is 0 Å². The van der Waals surface area contributed by atoms with Crippen molar-refractivity contribution in [3.05, 3.63) is 71.0 Å². The van der Waals surface area contributed by atoms with Gasteiger partial charge in [0.25, 0.3) is 5.91 Å². The topological polar surface area (TPSA) is 111 Å². The number of quaternary nitrogens is 1. The highest BCUT2D eigenvalue weighted by molar-refractivity contribution is 7.89. The Hall–Kier alpha value is -3.12. The third-order valence-electron chi connectivity index (χ3n) is 6.74. The monoisotopic (exact) mass is 531 g/mol. The number of sulfonamides is 1. The van der Waals surface area contributed by atoms with Crippen LogP contribution in [0.25, 0.3) is 5.76 Å². The molecule has 0 bridgehead atoms. The Balaban J connectivity index is 1.68. The van der Waals surface area contributed by atoms with Crippen LogP contribution in [0.3, 0.4) is 0 Å². The molecule has 1 atom stereocenters. The Morgan fingerprint density at radius 3 is 2.30 bits per heavy atom. The van der Waals surface area contributed by atoms with Gasteiger partial charge in [0, 0.05) is 32.6 Å². The molecule has 2 aliphatic heterocycles. The Morgan fingerprint density at radius 1 is 1.08 bits per heavy atom. The van der Waals surface area contributed by atoms with Crippen molar-refractivity contribution < 1.29 is 37.1 Å². The van der Waals surface area contributed by atoms with Crippen LogP contribution in [0.4, 0.5) is 4.39 Å². The van der Waals surface area contributed by atoms with Gasteiger partial charge in [0.05, 0.1) is 30.7 Å². The van der Waals surface area contributed by atoms with Crippen LogP contribution >= 0.6 is 0 Å². The second kappa shape index (κ2) is 11.1. The fraction of sp³-hybridized carbons (Fsp3) is 0.385. The van der Waals surface area contributed by atoms with Gasteiger partial charge in [0.2, 0.25) is 15.8 Å². The average Bonchev–Trinajstić information content (AvgIpc) is 3.14. The lowest BCUT2D eigenvalue weighted by molar-refractivity contribution is -0.908. The molecule has 9 nitrogen and oxygen atoms in total. The number of ether oxygens (including phenoxy) is 1. The van der Waals surface area contributed by atoms with Crippen molar-refractivity contribution >= 4 is 27.5 Å². The first-order valence-corrected chi connectivity index (χ1v) is 13.5. The first-order chi connectivity index (χ1) is 17.6. The number of hydrogen-bond acceptors (Lipinski definition) is 6. The summed E-state index contributed by atoms with van der Waals surface area (Å²) in [4.78, 5) is 28.9. The van der Waals surface area contributed by atoms with Crippen LogP contribution in [0.15, 0.2) is 59.0 Å². The van der Waals surface area contributed by atoms with Crippen molar-refractivity contribution in [2.24, 2.45) is 0 Å². The molecule has 2 heterocycles. The average molecular weight is 532 g/mol. The van der Waals surface area contributed by atoms with Crippen molar-refractivity contribution in [3.8, 4) is 0 Å². The van der Waals surface area contributed by atoms with Gasteiger partial charge < -0.3 is 19.6 Å². The summed E-state index contributed by atoms with van der Waals surface area (Å²) >= 11 is 0. The summed E-state index contributed by atoms with van der Waals surface area (Å²) in [5.41, 5.74) is 0.314. The number of benzene rings is 2. The molecule has 2 aromatic rings. The van der Waals surface area contributed by atoms with Crippen molar-refractivity contribution in [3.63, 3.8) is 0 Å². The summed E-state index contributed by atoms with van der Waals surface area (Å²) in [5.74, 6) is -2.82. The zero-order valence-corrected chi connectivity index (χ0v) is 21.6. The number of amides is 1. The minimum atomic E-state index is -3.70. The van der Waals surface area contributed by atoms with E-state index < -0.39 is 39.3 Å². The number of hydrogen-bond donors (Lipinski definition) is 1. The quantitative estimate of drug-likeness (QED) is 0.282. The Labute approximate surface area is 215 Å². The van der Waals surface area contributed by atoms with Crippen molar-refractivity contribution in [2.45, 2.75) is 17.4 Å². The summed E-state index contributed by atoms with van der Waals surface area (Å²) in [7, 11) is -0.907. The molecule has 1 unspecified atom stereocenters. The maximum atomic E-state index is 13.7. The minimum absolute atomic E-state index is 0.00445. The van der Waals surface area contributed by atoms with Crippen LogP contribution in [-0.4, -0.2) is 82.8 Å². The maximum Gasteiger partial charge on any atom is 0.295 e. The number of carbonyl (C=O) groups is 2. The zero-order chi connectivity index (χ0) is 26.7. The normalized spacial score (nSPS) is 20.6. The SMILES string of the molecule is CN(C)S(=O)(=O)c1ccc(C([O-])=C2C(=O)C(=O)N(CCC[NH+]3CCOCC3)C2c2ccc(F)cc2)cc1. The lowest BCUT2D eigenvalue weighted by atomic mass is 9.95. The van der Waals surface area contributed by atoms with Crippen molar-refractivity contribution in [2.75, 3.05) is 53.5 Å². The molecule has 37 heavy (non-hydrogen) atoms. The molecule has 1 amide bonds. The number of rotatable bonds is 8. The van der Waals surface area contributed by atoms with Crippen LogP contribution in [0.1, 0.15) is 23.6 Å². The van der Waals surface area contributed by atoms with Crippen molar-refractivity contribution in [1.82, 2.24) is 9.21 Å². The van der Waals surface area contributed by atoms with Gasteiger partial charge in [-0.25, -0.2) is 17.1 Å². The van der Waals surface area contributed by atoms with E-state index in [9.17, 15) is 27.5 Å². The van der Waals surface area contributed by atoms with Crippen LogP contribution in [-0.2, 0) is 24.3 Å². The lowest BCUT2D eigenvalue weighted by Crippen LogP contribution is -3.14. The van der Waals surface area contributed by atoms with E-state index in [-0.39, 0.29) is 22.6 Å². The molecular formula is C26H30FN3O6S. The third kappa shape index (κ3) is 5.59. The number of carbonyl (C=O) groups excluding carboxylic acids is 2. The van der Waals surface area contributed by atoms with E-state index in [1.807, 2.05) is 0 Å². The Kier molecular flexibility index (Phi) is 8.08. The molecule has 2 fully saturated rings. The molecule has 4 rings (SSSR count). The molecule has 0 aliphatic carbocycles. The van der Waals surface area contributed by atoms with E-state index >= 15 is 0 Å². The Morgan fingerprint density at radius 2 is 1.70 bits per heavy atom. The first-order valence-electron chi connectivity index (χ1n) is 12.1. The lowest BCUT2D eigenvalue weighted by Gasteiger charge is -2.29. The fourth-order valence-corrected chi connectivity index (χ4v) is 5.55. The summed E-state index contributed by atoms with van der Waals surface area (Å²) in [6.07, 6.45) is 0.616. The number of nitrogens with zero attached hydrogens (tertiary/aromatic N) is 2. The number of ketones is 1. The molecule has 0 aromatic heterocycles. The highest BCUT2D eigenvalue weighted by Crippen LogP contribution is 2.38. The second-order valence-electron chi connectivity index (χ2n) is 9.30. The van der Waals surface area contributed by atoms with Crippen LogP contribution in [0, 0.1) is 5.82 Å². The van der Waals surface area contributed by atoms with Gasteiger partial charge >= 0.3 is 0 Å². The van der Waals surface area contributed by atoms with E-state index in [4.69, 9.17) is 4.74 Å². The first kappa shape index (κ1) is 26.9. The number of Topliss-reactive ketones (excluding diaryl/α,β-unsaturated/α-hetero) is 1. The highest BCUT2D eigenvalue weighted by Gasteiger charge is 2.44. The molecule has 11 heteroatoms. The molecule has 1 N–H and O–H groups in total. The van der Waals surface area contributed by atoms with Crippen LogP contribution in [0.5, 0.6) is 0 Å². The van der Waals surface area contributed by atoms with Gasteiger partial charge in [-0.05, 0) is 35.4 Å². The summed E-state index contributed by atoms with van der Waals surface area (Å²) < 4.78 is 44.8. The molecule has 2 saturated heterocycles. The fourth-order valence-electron chi connectivity index (χ4n) is 4.65. The predicted octanol–water partition coefficient (Wildman–Crippen LogP) is -0.395. The Bertz CT molecular complexity index is 1290. The molecule has 0 radical (unpaired) electrons. The standard InChI is InChI=1S/C26H30FN3O6S/c1-28(2)37(34,35)21-10-6-19(7-11-21)24(31)22-23(18-4-8-20(27)9-5-18)30(26(33)25(22)32)13-3-12-29-14-16-36-17-15-29/h4-11,23,31H,3,12-17H2,1-2H3. The van der Waals surface area contributed by atoms with Gasteiger partial charge in [0.1, 0.15) is 18.9 Å². The summed E-state index contributed by atoms with van der Waals surface area (Å²) in [6.45, 7) is 4.12. The molecule has 198 valence electrons. The summed E-state index contributed by atoms with van der Waals surface area (Å²) in [6, 6.07) is 9.66. The summed E-state index contributed by atoms with van der Waals surface area (Å²) in [5, 5.41) is 13.5. The number of morpholine rings is 1.